The predicted octanol–water partition coefficient (Wildman–Crippen LogP) is 5.41. The van der Waals surface area contributed by atoms with Crippen LogP contribution in [0.4, 0.5) is 5.69 Å². The highest BCUT2D eigenvalue weighted by atomic mass is 35.5. The van der Waals surface area contributed by atoms with Crippen molar-refractivity contribution < 1.29 is 22.7 Å². The van der Waals surface area contributed by atoms with Gasteiger partial charge in [0, 0.05) is 30.6 Å². The average Bonchev–Trinajstić information content (AvgIpc) is 2.90. The Kier molecular flexibility index (Phi) is 11.3. The predicted molar refractivity (Wildman–Crippen MR) is 156 cm³/mol. The van der Waals surface area contributed by atoms with E-state index in [2.05, 4.69) is 5.32 Å². The van der Waals surface area contributed by atoms with E-state index in [-0.39, 0.29) is 54.5 Å². The van der Waals surface area contributed by atoms with Crippen molar-refractivity contribution in [1.82, 2.24) is 10.2 Å². The van der Waals surface area contributed by atoms with E-state index in [1.54, 1.807) is 25.0 Å². The fourth-order valence-corrected chi connectivity index (χ4v) is 6.18. The Morgan fingerprint density at radius 2 is 1.82 bits per heavy atom. The molecule has 1 N–H and O–H groups in total. The van der Waals surface area contributed by atoms with Gasteiger partial charge in [-0.15, -0.1) is 0 Å². The molecule has 2 amide bonds. The van der Waals surface area contributed by atoms with Crippen LogP contribution >= 0.6 is 23.2 Å². The summed E-state index contributed by atoms with van der Waals surface area (Å²) in [6, 6.07) is 11.4. The third kappa shape index (κ3) is 9.01. The number of carbonyl (C=O) groups excluding carboxylic acids is 2. The Balaban J connectivity index is 1.75. The van der Waals surface area contributed by atoms with Crippen molar-refractivity contribution in [3.05, 3.63) is 58.1 Å². The lowest BCUT2D eigenvalue weighted by Gasteiger charge is -2.31. The average molecular weight is 599 g/mol. The van der Waals surface area contributed by atoms with Crippen LogP contribution in [-0.2, 0) is 26.2 Å². The first-order valence-corrected chi connectivity index (χ1v) is 15.8. The number of hydrogen-bond donors (Lipinski definition) is 1. The van der Waals surface area contributed by atoms with Crippen molar-refractivity contribution in [2.45, 2.75) is 70.5 Å². The highest BCUT2D eigenvalue weighted by Gasteiger charge is 2.29. The van der Waals surface area contributed by atoms with Gasteiger partial charge in [0.15, 0.2) is 0 Å². The maximum atomic E-state index is 13.5. The first-order valence-electron chi connectivity index (χ1n) is 13.1. The molecule has 2 aromatic rings. The van der Waals surface area contributed by atoms with E-state index in [4.69, 9.17) is 27.9 Å². The van der Waals surface area contributed by atoms with Crippen LogP contribution in [0.1, 0.15) is 57.4 Å². The Bertz CT molecular complexity index is 1250. The molecule has 0 unspecified atom stereocenters. The van der Waals surface area contributed by atoms with Crippen molar-refractivity contribution in [1.29, 1.82) is 0 Å². The Hall–Kier alpha value is -2.49. The van der Waals surface area contributed by atoms with E-state index >= 15 is 0 Å². The van der Waals surface area contributed by atoms with Crippen LogP contribution in [0.25, 0.3) is 0 Å². The molecule has 0 aromatic heterocycles. The van der Waals surface area contributed by atoms with Crippen molar-refractivity contribution in [3.8, 4) is 5.75 Å². The third-order valence-corrected chi connectivity index (χ3v) is 8.67. The van der Waals surface area contributed by atoms with Crippen LogP contribution in [0.15, 0.2) is 42.5 Å². The molecule has 0 radical (unpaired) electrons. The molecule has 2 aromatic carbocycles. The minimum Gasteiger partial charge on any atom is -0.497 e. The Labute approximate surface area is 241 Å². The number of anilines is 1. The van der Waals surface area contributed by atoms with Crippen molar-refractivity contribution >= 4 is 50.7 Å². The maximum Gasteiger partial charge on any atom is 0.242 e. The zero-order valence-electron chi connectivity index (χ0n) is 22.7. The molecule has 1 saturated carbocycles. The topological polar surface area (TPSA) is 96.0 Å². The van der Waals surface area contributed by atoms with E-state index in [0.29, 0.717) is 10.8 Å². The van der Waals surface area contributed by atoms with Crippen LogP contribution in [0, 0.1) is 0 Å². The smallest absolute Gasteiger partial charge is 0.242 e. The van der Waals surface area contributed by atoms with Gasteiger partial charge in [-0.1, -0.05) is 54.6 Å². The molecule has 0 aliphatic heterocycles. The molecule has 0 spiro atoms. The van der Waals surface area contributed by atoms with Gasteiger partial charge in [0.25, 0.3) is 0 Å². The van der Waals surface area contributed by atoms with Gasteiger partial charge in [-0.05, 0) is 62.1 Å². The maximum absolute atomic E-state index is 13.5. The molecule has 3 rings (SSSR count). The van der Waals surface area contributed by atoms with E-state index in [1.165, 1.54) is 18.6 Å². The van der Waals surface area contributed by atoms with E-state index in [0.717, 1.165) is 41.8 Å². The zero-order valence-corrected chi connectivity index (χ0v) is 25.0. The van der Waals surface area contributed by atoms with Gasteiger partial charge in [0.05, 0.1) is 24.1 Å². The number of sulfonamides is 1. The lowest BCUT2D eigenvalue weighted by atomic mass is 9.95. The van der Waals surface area contributed by atoms with Crippen LogP contribution in [-0.4, -0.2) is 57.1 Å². The summed E-state index contributed by atoms with van der Waals surface area (Å²) in [6.45, 7) is 1.97. The number of benzene rings is 2. The standard InChI is InChI=1S/C28H37Cl2N3O5S/c1-20(28(35)31-23-10-5-4-6-11-23)32(19-21-9-7-12-24(17-21)38-2)27(34)13-8-16-33(39(3,36)37)26-18-22(29)14-15-25(26)30/h7,9,12,14-15,17-18,20,23H,4-6,8,10-11,13,16,19H2,1-3H3,(H,31,35)/t20-/m1/s1. The fraction of sp³-hybridized carbons (Fsp3) is 0.500. The van der Waals surface area contributed by atoms with Gasteiger partial charge in [0.1, 0.15) is 11.8 Å². The van der Waals surface area contributed by atoms with Gasteiger partial charge in [-0.2, -0.15) is 0 Å². The lowest BCUT2D eigenvalue weighted by Crippen LogP contribution is -2.50. The normalized spacial score (nSPS) is 14.9. The van der Waals surface area contributed by atoms with Crippen LogP contribution in [0.5, 0.6) is 5.75 Å². The van der Waals surface area contributed by atoms with Gasteiger partial charge in [0.2, 0.25) is 21.8 Å². The number of halogens is 2. The summed E-state index contributed by atoms with van der Waals surface area (Å²) in [5.41, 5.74) is 1.08. The van der Waals surface area contributed by atoms with Crippen molar-refractivity contribution in [2.75, 3.05) is 24.2 Å². The van der Waals surface area contributed by atoms with Gasteiger partial charge < -0.3 is 15.0 Å². The molecule has 8 nitrogen and oxygen atoms in total. The Morgan fingerprint density at radius 1 is 1.10 bits per heavy atom. The van der Waals surface area contributed by atoms with Gasteiger partial charge in [-0.3, -0.25) is 13.9 Å². The highest BCUT2D eigenvalue weighted by molar-refractivity contribution is 7.92. The van der Waals surface area contributed by atoms with Gasteiger partial charge >= 0.3 is 0 Å². The first-order chi connectivity index (χ1) is 18.5. The first kappa shape index (κ1) is 31.0. The molecule has 1 fully saturated rings. The minimum atomic E-state index is -3.69. The molecule has 1 aliphatic rings. The second kappa shape index (κ2) is 14.2. The van der Waals surface area contributed by atoms with Crippen LogP contribution in [0.3, 0.4) is 0 Å². The third-order valence-electron chi connectivity index (χ3n) is 6.93. The quantitative estimate of drug-likeness (QED) is 0.352. The van der Waals surface area contributed by atoms with E-state index < -0.39 is 16.1 Å². The summed E-state index contributed by atoms with van der Waals surface area (Å²) < 4.78 is 31.6. The number of ether oxygens (including phenoxy) is 1. The molecule has 0 saturated heterocycles. The molecule has 214 valence electrons. The summed E-state index contributed by atoms with van der Waals surface area (Å²) in [6.07, 6.45) is 6.56. The number of hydrogen-bond acceptors (Lipinski definition) is 5. The molecular weight excluding hydrogens is 561 g/mol. The van der Waals surface area contributed by atoms with Crippen molar-refractivity contribution in [3.63, 3.8) is 0 Å². The molecule has 11 heteroatoms. The molecule has 39 heavy (non-hydrogen) atoms. The molecular formula is C28H37Cl2N3O5S. The van der Waals surface area contributed by atoms with Crippen LogP contribution < -0.4 is 14.4 Å². The lowest BCUT2D eigenvalue weighted by molar-refractivity contribution is -0.141. The van der Waals surface area contributed by atoms with Crippen molar-refractivity contribution in [2.24, 2.45) is 0 Å². The molecule has 0 heterocycles. The number of rotatable bonds is 12. The van der Waals surface area contributed by atoms with Gasteiger partial charge in [-0.25, -0.2) is 8.42 Å². The summed E-state index contributed by atoms with van der Waals surface area (Å²) in [7, 11) is -2.12. The summed E-state index contributed by atoms with van der Waals surface area (Å²) in [5, 5.41) is 3.71. The minimum absolute atomic E-state index is 0.0281. The SMILES string of the molecule is COc1cccc(CN(C(=O)CCCN(c2cc(Cl)ccc2Cl)S(C)(=O)=O)[C@H](C)C(=O)NC2CCCCC2)c1. The second-order valence-electron chi connectivity index (χ2n) is 9.93. The Morgan fingerprint density at radius 3 is 2.49 bits per heavy atom. The van der Waals surface area contributed by atoms with E-state index in [9.17, 15) is 18.0 Å². The number of methoxy groups -OCH3 is 1. The summed E-state index contributed by atoms with van der Waals surface area (Å²) in [4.78, 5) is 28.3. The summed E-state index contributed by atoms with van der Waals surface area (Å²) in [5.74, 6) is 0.206. The monoisotopic (exact) mass is 597 g/mol. The summed E-state index contributed by atoms with van der Waals surface area (Å²) >= 11 is 12.3. The van der Waals surface area contributed by atoms with E-state index in [1.807, 2.05) is 24.3 Å². The molecule has 1 atom stereocenters. The van der Waals surface area contributed by atoms with Crippen LogP contribution in [0.2, 0.25) is 10.0 Å². The number of amides is 2. The number of carbonyl (C=O) groups is 2. The highest BCUT2D eigenvalue weighted by Crippen LogP contribution is 2.31. The number of nitrogens with one attached hydrogen (secondary N) is 1. The molecule has 0 bridgehead atoms. The second-order valence-corrected chi connectivity index (χ2v) is 12.7. The largest absolute Gasteiger partial charge is 0.497 e. The number of nitrogens with zero attached hydrogens (tertiary/aromatic N) is 2. The zero-order chi connectivity index (χ0) is 28.6. The molecule has 1 aliphatic carbocycles. The fourth-order valence-electron chi connectivity index (χ4n) is 4.78.